The van der Waals surface area contributed by atoms with Crippen molar-refractivity contribution in [1.29, 1.82) is 0 Å². The molecule has 0 spiro atoms. The van der Waals surface area contributed by atoms with E-state index in [0.717, 1.165) is 9.13 Å². The summed E-state index contributed by atoms with van der Waals surface area (Å²) in [6.45, 7) is 10.6. The molecule has 1 aromatic carbocycles. The van der Waals surface area contributed by atoms with Gasteiger partial charge in [-0.15, -0.1) is 6.58 Å². The summed E-state index contributed by atoms with van der Waals surface area (Å²) in [5.74, 6) is -2.82. The first kappa shape index (κ1) is 27.9. The minimum atomic E-state index is -0.784. The average Bonchev–Trinajstić information content (AvgIpc) is 3.11. The topological polar surface area (TPSA) is 112 Å². The number of nitrogens with zero attached hydrogens (tertiary/aromatic N) is 1. The lowest BCUT2D eigenvalue weighted by molar-refractivity contribution is -0.271. The highest BCUT2D eigenvalue weighted by molar-refractivity contribution is 14.1. The first-order chi connectivity index (χ1) is 17.3. The molecule has 3 unspecified atom stereocenters. The van der Waals surface area contributed by atoms with Crippen molar-refractivity contribution < 1.29 is 38.7 Å². The average molecular weight is 611 g/mol. The molecule has 0 saturated carbocycles. The molecule has 2 aliphatic rings. The van der Waals surface area contributed by atoms with Gasteiger partial charge in [-0.3, -0.25) is 9.68 Å². The molecule has 1 amide bonds. The van der Waals surface area contributed by atoms with Crippen LogP contribution in [0.25, 0.3) is 0 Å². The molecule has 9 nitrogen and oxygen atoms in total. The number of amides is 1. The Labute approximate surface area is 223 Å². The van der Waals surface area contributed by atoms with E-state index >= 15 is 0 Å². The van der Waals surface area contributed by atoms with Crippen LogP contribution in [0.3, 0.4) is 0 Å². The van der Waals surface area contributed by atoms with Crippen molar-refractivity contribution in [2.75, 3.05) is 26.4 Å². The van der Waals surface area contributed by atoms with Gasteiger partial charge in [-0.1, -0.05) is 38.6 Å². The Morgan fingerprint density at radius 2 is 1.97 bits per heavy atom. The van der Waals surface area contributed by atoms with Crippen molar-refractivity contribution in [3.63, 3.8) is 0 Å². The number of esters is 1. The van der Waals surface area contributed by atoms with E-state index in [0.29, 0.717) is 17.7 Å². The molecular formula is C26H30INO8. The fraction of sp³-hybridized carbons (Fsp3) is 0.423. The number of aliphatic hydroxyl groups is 1. The maximum atomic E-state index is 13.2. The van der Waals surface area contributed by atoms with Crippen LogP contribution in [-0.2, 0) is 35.3 Å². The Morgan fingerprint density at radius 3 is 2.64 bits per heavy atom. The van der Waals surface area contributed by atoms with Crippen molar-refractivity contribution in [3.8, 4) is 5.75 Å². The van der Waals surface area contributed by atoms with E-state index in [2.05, 4.69) is 35.7 Å². The molecule has 4 atom stereocenters. The fourth-order valence-electron chi connectivity index (χ4n) is 4.51. The largest absolute Gasteiger partial charge is 0.488 e. The van der Waals surface area contributed by atoms with E-state index in [1.165, 1.54) is 17.1 Å². The number of hydrogen-bond acceptors (Lipinski definition) is 8. The van der Waals surface area contributed by atoms with Crippen LogP contribution in [0.4, 0.5) is 0 Å². The minimum absolute atomic E-state index is 0.00848. The number of aliphatic hydroxyl groups excluding tert-OH is 1. The molecule has 10 heteroatoms. The van der Waals surface area contributed by atoms with Gasteiger partial charge in [0.25, 0.3) is 0 Å². The van der Waals surface area contributed by atoms with Crippen LogP contribution in [0.5, 0.6) is 5.75 Å². The van der Waals surface area contributed by atoms with Gasteiger partial charge in [-0.25, -0.2) is 9.59 Å². The van der Waals surface area contributed by atoms with Gasteiger partial charge in [0.2, 0.25) is 5.91 Å². The lowest BCUT2D eigenvalue weighted by Crippen LogP contribution is -2.63. The van der Waals surface area contributed by atoms with Gasteiger partial charge >= 0.3 is 11.9 Å². The summed E-state index contributed by atoms with van der Waals surface area (Å²) in [5.41, 5.74) is 1.66. The molecule has 194 valence electrons. The van der Waals surface area contributed by atoms with Crippen molar-refractivity contribution >= 4 is 40.4 Å². The maximum absolute atomic E-state index is 13.2. The van der Waals surface area contributed by atoms with Crippen LogP contribution < -0.4 is 4.74 Å². The van der Waals surface area contributed by atoms with Crippen LogP contribution in [0.2, 0.25) is 0 Å². The van der Waals surface area contributed by atoms with Crippen LogP contribution in [-0.4, -0.2) is 60.3 Å². The van der Waals surface area contributed by atoms with Crippen molar-refractivity contribution in [1.82, 2.24) is 4.90 Å². The van der Waals surface area contributed by atoms with Gasteiger partial charge < -0.3 is 19.5 Å². The predicted molar refractivity (Wildman–Crippen MR) is 138 cm³/mol. The Hall–Kier alpha value is -2.70. The zero-order valence-electron chi connectivity index (χ0n) is 20.3. The number of benzene rings is 1. The standard InChI is InChI=1S/C26H30INO8/c1-5-11-33-26(32)23-18(14-34-20-13-17(9-10-29)7-8-19(20)27)15(3)22-21(24(30)28(22)23)16(4)25(31)36-35-12-6-2/h5-8,13,15-16,21-22,29H,1-2,9-12,14H2,3-4H3/t15-,16?,21?,22?/m0/s1. The van der Waals surface area contributed by atoms with Crippen LogP contribution in [0, 0.1) is 21.3 Å². The normalized spacial score (nSPS) is 21.4. The molecule has 1 saturated heterocycles. The number of rotatable bonds is 13. The summed E-state index contributed by atoms with van der Waals surface area (Å²) in [7, 11) is 0. The lowest BCUT2D eigenvalue weighted by atomic mass is 9.74. The second-order valence-electron chi connectivity index (χ2n) is 8.57. The number of carbonyl (C=O) groups is 3. The SMILES string of the molecule is C=CCOOC(=O)C(C)C1C(=O)N2C(C(=O)OCC=C)=C(COc3cc(CCO)ccc3I)[C@H](C)C12. The number of β-lactam (4-membered cyclic amide) rings is 1. The fourth-order valence-corrected chi connectivity index (χ4v) is 5.00. The second-order valence-corrected chi connectivity index (χ2v) is 9.73. The predicted octanol–water partition coefficient (Wildman–Crippen LogP) is 2.96. The Bertz CT molecular complexity index is 1070. The van der Waals surface area contributed by atoms with E-state index in [4.69, 9.17) is 19.2 Å². The quantitative estimate of drug-likeness (QED) is 0.0690. The maximum Gasteiger partial charge on any atom is 0.355 e. The third-order valence-corrected chi connectivity index (χ3v) is 7.23. The summed E-state index contributed by atoms with van der Waals surface area (Å²) in [4.78, 5) is 49.6. The van der Waals surface area contributed by atoms with Gasteiger partial charge in [-0.05, 0) is 46.7 Å². The molecule has 3 rings (SSSR count). The second kappa shape index (κ2) is 12.5. The molecular weight excluding hydrogens is 581 g/mol. The number of ether oxygens (including phenoxy) is 2. The summed E-state index contributed by atoms with van der Waals surface area (Å²) >= 11 is 2.15. The van der Waals surface area contributed by atoms with Crippen LogP contribution >= 0.6 is 22.6 Å². The van der Waals surface area contributed by atoms with E-state index in [1.807, 2.05) is 25.1 Å². The van der Waals surface area contributed by atoms with Crippen LogP contribution in [0.15, 0.2) is 54.8 Å². The monoisotopic (exact) mass is 611 g/mol. The lowest BCUT2D eigenvalue weighted by Gasteiger charge is -2.47. The van der Waals surface area contributed by atoms with Gasteiger partial charge in [0.1, 0.15) is 31.3 Å². The Morgan fingerprint density at radius 1 is 1.25 bits per heavy atom. The Kier molecular flexibility index (Phi) is 9.69. The summed E-state index contributed by atoms with van der Waals surface area (Å²) in [6.07, 6.45) is 3.37. The zero-order valence-corrected chi connectivity index (χ0v) is 22.4. The highest BCUT2D eigenvalue weighted by Gasteiger charge is 2.61. The number of carbonyl (C=O) groups excluding carboxylic acids is 3. The minimum Gasteiger partial charge on any atom is -0.488 e. The highest BCUT2D eigenvalue weighted by atomic mass is 127. The molecule has 2 heterocycles. The Balaban J connectivity index is 1.85. The van der Waals surface area contributed by atoms with Crippen molar-refractivity contribution in [2.24, 2.45) is 17.8 Å². The van der Waals surface area contributed by atoms with E-state index < -0.39 is 29.8 Å². The van der Waals surface area contributed by atoms with Gasteiger partial charge in [0, 0.05) is 18.1 Å². The zero-order chi connectivity index (χ0) is 26.4. The van der Waals surface area contributed by atoms with Crippen molar-refractivity contribution in [2.45, 2.75) is 26.3 Å². The first-order valence-electron chi connectivity index (χ1n) is 11.6. The third kappa shape index (κ3) is 5.65. The van der Waals surface area contributed by atoms with Gasteiger partial charge in [0.15, 0.2) is 0 Å². The summed E-state index contributed by atoms with van der Waals surface area (Å²) in [6, 6.07) is 5.22. The highest BCUT2D eigenvalue weighted by Crippen LogP contribution is 2.49. The molecule has 1 N–H and O–H groups in total. The molecule has 0 aromatic heterocycles. The summed E-state index contributed by atoms with van der Waals surface area (Å²) in [5, 5.41) is 9.25. The molecule has 0 radical (unpaired) electrons. The molecule has 1 aromatic rings. The third-order valence-electron chi connectivity index (χ3n) is 6.34. The number of halogens is 1. The smallest absolute Gasteiger partial charge is 0.355 e. The molecule has 2 aliphatic heterocycles. The molecule has 36 heavy (non-hydrogen) atoms. The van der Waals surface area contributed by atoms with E-state index in [-0.39, 0.29) is 43.9 Å². The number of hydrogen-bond donors (Lipinski definition) is 1. The molecule has 0 bridgehead atoms. The number of fused-ring (bicyclic) bond motifs is 1. The van der Waals surface area contributed by atoms with Gasteiger partial charge in [-0.2, -0.15) is 4.89 Å². The molecule has 0 aliphatic carbocycles. The van der Waals surface area contributed by atoms with Gasteiger partial charge in [0.05, 0.1) is 21.4 Å². The van der Waals surface area contributed by atoms with E-state index in [9.17, 15) is 19.5 Å². The summed E-state index contributed by atoms with van der Waals surface area (Å²) < 4.78 is 12.2. The first-order valence-corrected chi connectivity index (χ1v) is 12.6. The van der Waals surface area contributed by atoms with E-state index in [1.54, 1.807) is 6.92 Å². The van der Waals surface area contributed by atoms with Crippen LogP contribution in [0.1, 0.15) is 19.4 Å². The molecule has 1 fully saturated rings. The van der Waals surface area contributed by atoms with Crippen molar-refractivity contribution in [3.05, 3.63) is 63.9 Å².